The number of allylic oxidation sites excluding steroid dienone is 1. The molecule has 0 unspecified atom stereocenters. The van der Waals surface area contributed by atoms with Crippen LogP contribution < -0.4 is 10.4 Å². The number of piperidine rings is 1. The molecular weight excluding hydrogens is 393 g/mol. The summed E-state index contributed by atoms with van der Waals surface area (Å²) in [5.41, 5.74) is 8.22. The average molecular weight is 424 g/mol. The number of hydrogen-bond acceptors (Lipinski definition) is 5. The molecule has 2 aromatic carbocycles. The molecule has 0 spiro atoms. The number of nitrogens with zero attached hydrogens (tertiary/aromatic N) is 2. The van der Waals surface area contributed by atoms with E-state index >= 15 is 0 Å². The smallest absolute Gasteiger partial charge is 0.337 e. The topological polar surface area (TPSA) is 44.8 Å². The van der Waals surface area contributed by atoms with Crippen LogP contribution in [0.5, 0.6) is 0 Å². The van der Waals surface area contributed by atoms with Crippen molar-refractivity contribution in [1.29, 1.82) is 0 Å². The molecule has 4 rings (SSSR count). The highest BCUT2D eigenvalue weighted by molar-refractivity contribution is 5.91. The maximum absolute atomic E-state index is 13.5. The van der Waals surface area contributed by atoms with Gasteiger partial charge in [-0.25, -0.2) is 14.6 Å². The quantitative estimate of drug-likeness (QED) is 0.704. The molecule has 0 amide bonds. The fraction of sp³-hybridized carbons (Fsp3) is 0.400. The second-order valence-corrected chi connectivity index (χ2v) is 8.21. The Hall–Kier alpha value is -2.70. The lowest BCUT2D eigenvalue weighted by atomic mass is 9.96. The summed E-state index contributed by atoms with van der Waals surface area (Å²) in [6.07, 6.45) is 5.18. The Labute approximate surface area is 183 Å². The third-order valence-corrected chi connectivity index (χ3v) is 6.33. The highest BCUT2D eigenvalue weighted by Gasteiger charge is 2.25. The maximum atomic E-state index is 13.5. The molecule has 5 nitrogen and oxygen atoms in total. The molecule has 2 aromatic rings. The summed E-state index contributed by atoms with van der Waals surface area (Å²) >= 11 is 0. The zero-order valence-corrected chi connectivity index (χ0v) is 18.2. The third kappa shape index (κ3) is 4.81. The van der Waals surface area contributed by atoms with Crippen molar-refractivity contribution in [2.45, 2.75) is 26.2 Å². The van der Waals surface area contributed by atoms with Crippen molar-refractivity contribution in [1.82, 2.24) is 10.3 Å². The maximum Gasteiger partial charge on any atom is 0.337 e. The number of anilines is 1. The number of halogens is 1. The molecule has 31 heavy (non-hydrogen) atoms. The highest BCUT2D eigenvalue weighted by Crippen LogP contribution is 2.34. The first kappa shape index (κ1) is 21.5. The number of nitrogens with one attached hydrogen (secondary N) is 1. The van der Waals surface area contributed by atoms with E-state index in [-0.39, 0.29) is 11.8 Å². The Kier molecular flexibility index (Phi) is 6.68. The fourth-order valence-electron chi connectivity index (χ4n) is 4.40. The molecule has 2 aliphatic rings. The van der Waals surface area contributed by atoms with E-state index in [0.717, 1.165) is 48.7 Å². The number of methoxy groups -OCH3 is 1. The number of benzene rings is 2. The third-order valence-electron chi connectivity index (χ3n) is 6.33. The molecule has 0 saturated carbocycles. The molecule has 1 saturated heterocycles. The van der Waals surface area contributed by atoms with Crippen molar-refractivity contribution in [3.63, 3.8) is 0 Å². The van der Waals surface area contributed by atoms with Gasteiger partial charge in [-0.3, -0.25) is 5.01 Å². The Morgan fingerprint density at radius 1 is 1.16 bits per heavy atom. The summed E-state index contributed by atoms with van der Waals surface area (Å²) in [4.78, 5) is 14.5. The standard InChI is InChI=1S/C25H30FN3O2/c1-3-28-14-12-18(13-15-28)17-27-29-23(19-4-8-22(26)9-5-19)10-6-20-16-21(25(30)31-2)7-11-24(20)29/h4-5,7-11,16,18,27H,3,6,12-15,17H2,1-2H3. The number of hydrazine groups is 1. The van der Waals surface area contributed by atoms with Gasteiger partial charge < -0.3 is 9.64 Å². The van der Waals surface area contributed by atoms with Crippen molar-refractivity contribution in [2.75, 3.05) is 38.3 Å². The molecule has 2 aliphatic heterocycles. The van der Waals surface area contributed by atoms with Gasteiger partial charge in [-0.1, -0.05) is 13.0 Å². The van der Waals surface area contributed by atoms with Crippen LogP contribution in [-0.2, 0) is 11.2 Å². The van der Waals surface area contributed by atoms with Crippen molar-refractivity contribution >= 4 is 17.4 Å². The highest BCUT2D eigenvalue weighted by atomic mass is 19.1. The summed E-state index contributed by atoms with van der Waals surface area (Å²) in [6.45, 7) is 6.48. The first-order valence-electron chi connectivity index (χ1n) is 11.0. The first-order chi connectivity index (χ1) is 15.1. The van der Waals surface area contributed by atoms with Gasteiger partial charge >= 0.3 is 5.97 Å². The Balaban J connectivity index is 1.58. The predicted octanol–water partition coefficient (Wildman–Crippen LogP) is 4.25. The molecule has 0 atom stereocenters. The normalized spacial score (nSPS) is 17.3. The van der Waals surface area contributed by atoms with Crippen LogP contribution in [-0.4, -0.2) is 44.2 Å². The molecule has 0 aliphatic carbocycles. The summed E-state index contributed by atoms with van der Waals surface area (Å²) in [5.74, 6) is 0.0285. The Morgan fingerprint density at radius 2 is 1.90 bits per heavy atom. The van der Waals surface area contributed by atoms with Crippen LogP contribution in [0.25, 0.3) is 5.70 Å². The van der Waals surface area contributed by atoms with E-state index in [0.29, 0.717) is 17.9 Å². The molecule has 0 bridgehead atoms. The monoisotopic (exact) mass is 423 g/mol. The van der Waals surface area contributed by atoms with E-state index in [9.17, 15) is 9.18 Å². The van der Waals surface area contributed by atoms with Crippen LogP contribution in [0.15, 0.2) is 48.5 Å². The predicted molar refractivity (Wildman–Crippen MR) is 121 cm³/mol. The number of esters is 1. The van der Waals surface area contributed by atoms with Crippen LogP contribution >= 0.6 is 0 Å². The summed E-state index contributed by atoms with van der Waals surface area (Å²) < 4.78 is 18.4. The number of fused-ring (bicyclic) bond motifs is 1. The van der Waals surface area contributed by atoms with Gasteiger partial charge in [0.15, 0.2) is 0 Å². The van der Waals surface area contributed by atoms with E-state index in [2.05, 4.69) is 28.3 Å². The summed E-state index contributed by atoms with van der Waals surface area (Å²) in [5, 5.41) is 2.10. The number of carbonyl (C=O) groups excluding carboxylic acids is 1. The van der Waals surface area contributed by atoms with Crippen molar-refractivity contribution < 1.29 is 13.9 Å². The molecule has 0 aromatic heterocycles. The molecule has 2 heterocycles. The molecule has 0 radical (unpaired) electrons. The second-order valence-electron chi connectivity index (χ2n) is 8.21. The molecule has 1 fully saturated rings. The van der Waals surface area contributed by atoms with Crippen LogP contribution in [0, 0.1) is 11.7 Å². The van der Waals surface area contributed by atoms with Gasteiger partial charge in [-0.05, 0) is 98.4 Å². The number of ether oxygens (including phenoxy) is 1. The van der Waals surface area contributed by atoms with Crippen LogP contribution in [0.4, 0.5) is 10.1 Å². The molecule has 6 heteroatoms. The van der Waals surface area contributed by atoms with E-state index in [1.165, 1.54) is 32.1 Å². The zero-order chi connectivity index (χ0) is 21.8. The lowest BCUT2D eigenvalue weighted by Crippen LogP contribution is -2.44. The van der Waals surface area contributed by atoms with E-state index in [4.69, 9.17) is 4.74 Å². The van der Waals surface area contributed by atoms with Gasteiger partial charge in [-0.15, -0.1) is 0 Å². The van der Waals surface area contributed by atoms with Crippen molar-refractivity contribution in [2.24, 2.45) is 5.92 Å². The SMILES string of the molecule is CCN1CCC(CNN2C(c3ccc(F)cc3)=CCc3cc(C(=O)OC)ccc32)CC1. The number of likely N-dealkylation sites (tertiary alicyclic amines) is 1. The Morgan fingerprint density at radius 3 is 2.58 bits per heavy atom. The van der Waals surface area contributed by atoms with Crippen molar-refractivity contribution in [3.8, 4) is 0 Å². The van der Waals surface area contributed by atoms with Gasteiger partial charge in [0.2, 0.25) is 0 Å². The van der Waals surface area contributed by atoms with Gasteiger partial charge in [0.1, 0.15) is 5.82 Å². The van der Waals surface area contributed by atoms with Crippen LogP contribution in [0.1, 0.15) is 41.3 Å². The fourth-order valence-corrected chi connectivity index (χ4v) is 4.40. The molecular formula is C25H30FN3O2. The van der Waals surface area contributed by atoms with Crippen molar-refractivity contribution in [3.05, 3.63) is 71.0 Å². The summed E-state index contributed by atoms with van der Waals surface area (Å²) in [7, 11) is 1.39. The van der Waals surface area contributed by atoms with Gasteiger partial charge in [0.25, 0.3) is 0 Å². The number of rotatable bonds is 6. The minimum absolute atomic E-state index is 0.245. The minimum Gasteiger partial charge on any atom is -0.465 e. The van der Waals surface area contributed by atoms with E-state index in [1.54, 1.807) is 6.07 Å². The van der Waals surface area contributed by atoms with E-state index in [1.807, 2.05) is 24.3 Å². The largest absolute Gasteiger partial charge is 0.465 e. The summed E-state index contributed by atoms with van der Waals surface area (Å²) in [6, 6.07) is 12.3. The Bertz CT molecular complexity index is 950. The van der Waals surface area contributed by atoms with Crippen LogP contribution in [0.2, 0.25) is 0 Å². The first-order valence-corrected chi connectivity index (χ1v) is 11.0. The second kappa shape index (κ2) is 9.62. The van der Waals surface area contributed by atoms with Gasteiger partial charge in [-0.2, -0.15) is 0 Å². The number of hydrogen-bond donors (Lipinski definition) is 1. The molecule has 1 N–H and O–H groups in total. The average Bonchev–Trinajstić information content (AvgIpc) is 2.82. The van der Waals surface area contributed by atoms with E-state index < -0.39 is 0 Å². The number of carbonyl (C=O) groups is 1. The van der Waals surface area contributed by atoms with Gasteiger partial charge in [0, 0.05) is 6.54 Å². The van der Waals surface area contributed by atoms with Gasteiger partial charge in [0.05, 0.1) is 24.1 Å². The minimum atomic E-state index is -0.335. The molecule has 164 valence electrons. The van der Waals surface area contributed by atoms with Crippen LogP contribution in [0.3, 0.4) is 0 Å². The lowest BCUT2D eigenvalue weighted by Gasteiger charge is -2.36. The lowest BCUT2D eigenvalue weighted by molar-refractivity contribution is 0.0600. The zero-order valence-electron chi connectivity index (χ0n) is 18.2.